The minimum absolute atomic E-state index is 0.132. The number of unbranched alkanes of at least 4 members (excludes halogenated alkanes) is 1. The van der Waals surface area contributed by atoms with Gasteiger partial charge in [-0.15, -0.1) is 0 Å². The predicted octanol–water partition coefficient (Wildman–Crippen LogP) is 9.82. The van der Waals surface area contributed by atoms with Gasteiger partial charge in [0.05, 0.1) is 11.7 Å². The Morgan fingerprint density at radius 3 is 1.32 bits per heavy atom. The Balaban J connectivity index is 2.15. The second-order valence-corrected chi connectivity index (χ2v) is 10.4. The number of rotatable bonds is 15. The zero-order valence-electron chi connectivity index (χ0n) is 21.9. The molecule has 0 aliphatic carbocycles. The highest BCUT2D eigenvalue weighted by Crippen LogP contribution is 2.38. The van der Waals surface area contributed by atoms with Gasteiger partial charge in [-0.25, -0.2) is 0 Å². The van der Waals surface area contributed by atoms with E-state index in [2.05, 4.69) is 85.8 Å². The number of hydrogen-bond acceptors (Lipinski definition) is 1. The molecule has 1 aliphatic heterocycles. The predicted molar refractivity (Wildman–Crippen MR) is 140 cm³/mol. The van der Waals surface area contributed by atoms with E-state index in [0.29, 0.717) is 6.10 Å². The van der Waals surface area contributed by atoms with Crippen molar-refractivity contribution in [2.75, 3.05) is 0 Å². The van der Waals surface area contributed by atoms with E-state index in [9.17, 15) is 0 Å². The number of hydrogen-bond donors (Lipinski definition) is 0. The van der Waals surface area contributed by atoms with E-state index in [4.69, 9.17) is 4.74 Å². The van der Waals surface area contributed by atoms with Crippen LogP contribution in [-0.4, -0.2) is 11.7 Å². The summed E-state index contributed by atoms with van der Waals surface area (Å²) in [7, 11) is 0. The Kier molecular flexibility index (Phi) is 13.1. The van der Waals surface area contributed by atoms with Gasteiger partial charge in [-0.3, -0.25) is 0 Å². The monoisotopic (exact) mass is 426 g/mol. The second kappa shape index (κ2) is 14.7. The van der Waals surface area contributed by atoms with Crippen molar-refractivity contribution in [2.24, 2.45) is 0 Å². The second-order valence-electron chi connectivity index (χ2n) is 10.4. The van der Waals surface area contributed by atoms with Crippen molar-refractivity contribution in [3.63, 3.8) is 0 Å². The van der Waals surface area contributed by atoms with Crippen LogP contribution in [0, 0.1) is 0 Å². The molecule has 1 heterocycles. The molecule has 0 aromatic carbocycles. The number of epoxide rings is 1. The fourth-order valence-corrected chi connectivity index (χ4v) is 3.85. The molecule has 0 radical (unpaired) electrons. The molecule has 1 aliphatic rings. The van der Waals surface area contributed by atoms with Crippen LogP contribution in [0.15, 0.2) is 58.2 Å². The van der Waals surface area contributed by atoms with Crippen molar-refractivity contribution in [3.05, 3.63) is 58.2 Å². The molecular weight excluding hydrogens is 376 g/mol. The molecule has 1 fully saturated rings. The zero-order chi connectivity index (χ0) is 23.3. The van der Waals surface area contributed by atoms with E-state index < -0.39 is 0 Å². The lowest BCUT2D eigenvalue weighted by Crippen LogP contribution is -2.02. The van der Waals surface area contributed by atoms with Crippen molar-refractivity contribution < 1.29 is 4.74 Å². The molecule has 0 bridgehead atoms. The lowest BCUT2D eigenvalue weighted by molar-refractivity contribution is 0.320. The van der Waals surface area contributed by atoms with Gasteiger partial charge in [0, 0.05) is 0 Å². The molecule has 0 aromatic heterocycles. The molecule has 0 saturated carbocycles. The Bertz CT molecular complexity index is 677. The molecule has 0 spiro atoms. The minimum Gasteiger partial charge on any atom is -0.367 e. The molecule has 0 aromatic rings. The van der Waals surface area contributed by atoms with Crippen molar-refractivity contribution in [3.8, 4) is 0 Å². The van der Waals surface area contributed by atoms with Crippen molar-refractivity contribution >= 4 is 0 Å². The summed E-state index contributed by atoms with van der Waals surface area (Å²) in [5.41, 5.74) is 7.65. The van der Waals surface area contributed by atoms with E-state index in [1.165, 1.54) is 79.2 Å². The zero-order valence-corrected chi connectivity index (χ0v) is 21.9. The lowest BCUT2D eigenvalue weighted by Gasteiger charge is -2.03. The first kappa shape index (κ1) is 27.7. The summed E-state index contributed by atoms with van der Waals surface area (Å²) in [6.07, 6.45) is 24.3. The third-order valence-corrected chi connectivity index (χ3v) is 6.27. The average Bonchev–Trinajstić information content (AvgIpc) is 3.30. The van der Waals surface area contributed by atoms with Gasteiger partial charge in [-0.05, 0) is 120 Å². The van der Waals surface area contributed by atoms with Crippen molar-refractivity contribution in [1.82, 2.24) is 0 Å². The summed E-state index contributed by atoms with van der Waals surface area (Å²) >= 11 is 0. The molecule has 0 amide bonds. The fourth-order valence-electron chi connectivity index (χ4n) is 3.85. The maximum Gasteiger partial charge on any atom is 0.0892 e. The van der Waals surface area contributed by atoms with Crippen LogP contribution in [0.5, 0.6) is 0 Å². The van der Waals surface area contributed by atoms with E-state index in [1.54, 1.807) is 0 Å². The maximum absolute atomic E-state index is 5.68. The highest BCUT2D eigenvalue weighted by atomic mass is 16.6. The summed E-state index contributed by atoms with van der Waals surface area (Å²) < 4.78 is 5.68. The molecular formula is C30H50O. The van der Waals surface area contributed by atoms with E-state index in [-0.39, 0.29) is 5.60 Å². The SMILES string of the molecule is CC(C)=CCC/C(C)=C\CC/C(C)=C/CC/C=C(\C)CC/C=C(\C)CCC1OC1(C)C. The largest absolute Gasteiger partial charge is 0.367 e. The fraction of sp³-hybridized carbons (Fsp3) is 0.667. The first-order valence-corrected chi connectivity index (χ1v) is 12.5. The van der Waals surface area contributed by atoms with Crippen LogP contribution in [0.4, 0.5) is 0 Å². The van der Waals surface area contributed by atoms with E-state index >= 15 is 0 Å². The van der Waals surface area contributed by atoms with Gasteiger partial charge in [0.2, 0.25) is 0 Å². The van der Waals surface area contributed by atoms with Gasteiger partial charge >= 0.3 is 0 Å². The summed E-state index contributed by atoms with van der Waals surface area (Å²) in [5, 5.41) is 0. The quantitative estimate of drug-likeness (QED) is 0.144. The van der Waals surface area contributed by atoms with Crippen LogP contribution in [0.3, 0.4) is 0 Å². The molecule has 31 heavy (non-hydrogen) atoms. The van der Waals surface area contributed by atoms with Gasteiger partial charge in [-0.1, -0.05) is 58.2 Å². The van der Waals surface area contributed by atoms with Gasteiger partial charge < -0.3 is 4.74 Å². The molecule has 1 heteroatoms. The van der Waals surface area contributed by atoms with E-state index in [1.807, 2.05) is 0 Å². The summed E-state index contributed by atoms with van der Waals surface area (Å²) in [4.78, 5) is 0. The highest BCUT2D eigenvalue weighted by molar-refractivity contribution is 5.08. The molecule has 176 valence electrons. The summed E-state index contributed by atoms with van der Waals surface area (Å²) in [6.45, 7) is 17.8. The first-order chi connectivity index (χ1) is 14.6. The Morgan fingerprint density at radius 2 is 0.935 bits per heavy atom. The van der Waals surface area contributed by atoms with Crippen molar-refractivity contribution in [1.29, 1.82) is 0 Å². The summed E-state index contributed by atoms with van der Waals surface area (Å²) in [6, 6.07) is 0. The highest BCUT2D eigenvalue weighted by Gasteiger charge is 2.46. The van der Waals surface area contributed by atoms with Crippen molar-refractivity contribution in [2.45, 2.75) is 131 Å². The molecule has 1 rings (SSSR count). The summed E-state index contributed by atoms with van der Waals surface area (Å²) in [5.74, 6) is 0. The average molecular weight is 427 g/mol. The Morgan fingerprint density at radius 1 is 0.581 bits per heavy atom. The molecule has 1 unspecified atom stereocenters. The molecule has 1 saturated heterocycles. The van der Waals surface area contributed by atoms with Gasteiger partial charge in [-0.2, -0.15) is 0 Å². The molecule has 0 N–H and O–H groups in total. The van der Waals surface area contributed by atoms with Gasteiger partial charge in [0.25, 0.3) is 0 Å². The van der Waals surface area contributed by atoms with Crippen LogP contribution in [0.25, 0.3) is 0 Å². The van der Waals surface area contributed by atoms with Gasteiger partial charge in [0.15, 0.2) is 0 Å². The normalized spacial score (nSPS) is 19.5. The molecule has 1 nitrogen and oxygen atoms in total. The standard InChI is InChI=1S/C30H50O/c1-24(2)14-11-17-27(5)20-12-18-25(3)15-9-10-16-26(4)19-13-21-28(6)22-23-29-30(7,8)31-29/h14-16,20-21,29H,9-13,17-19,22-23H2,1-8H3/b25-15+,26-16+,27-20-,28-21+. The Labute approximate surface area is 194 Å². The third kappa shape index (κ3) is 14.4. The minimum atomic E-state index is 0.132. The number of ether oxygens (including phenoxy) is 1. The maximum atomic E-state index is 5.68. The third-order valence-electron chi connectivity index (χ3n) is 6.27. The van der Waals surface area contributed by atoms with Crippen LogP contribution >= 0.6 is 0 Å². The smallest absolute Gasteiger partial charge is 0.0892 e. The van der Waals surface area contributed by atoms with E-state index in [0.717, 1.165) is 12.8 Å². The van der Waals surface area contributed by atoms with Crippen LogP contribution in [-0.2, 0) is 4.74 Å². The number of allylic oxidation sites excluding steroid dienone is 10. The van der Waals surface area contributed by atoms with Crippen LogP contribution in [0.1, 0.15) is 120 Å². The Hall–Kier alpha value is -1.34. The lowest BCUT2D eigenvalue weighted by atomic mass is 10.0. The topological polar surface area (TPSA) is 12.5 Å². The molecule has 1 atom stereocenters. The van der Waals surface area contributed by atoms with Gasteiger partial charge in [0.1, 0.15) is 0 Å². The van der Waals surface area contributed by atoms with Crippen LogP contribution < -0.4 is 0 Å². The van der Waals surface area contributed by atoms with Crippen LogP contribution in [0.2, 0.25) is 0 Å². The first-order valence-electron chi connectivity index (χ1n) is 12.5.